The molecular formula is C41H27N3. The van der Waals surface area contributed by atoms with E-state index in [0.29, 0.717) is 0 Å². The molecule has 0 aliphatic carbocycles. The Bertz CT molecular complexity index is 2410. The Morgan fingerprint density at radius 1 is 0.409 bits per heavy atom. The SMILES string of the molecule is c1ccc(-c2cc(-c3ccccc3)nc(-n3ccc4c5ccc6c7ccccc7n(-c7ccccc7)c6c5ccc43)c2)cc1. The monoisotopic (exact) mass is 561 g/mol. The molecule has 0 bridgehead atoms. The Morgan fingerprint density at radius 2 is 1.02 bits per heavy atom. The summed E-state index contributed by atoms with van der Waals surface area (Å²) in [5.74, 6) is 0.902. The van der Waals surface area contributed by atoms with Gasteiger partial charge in [-0.3, -0.25) is 0 Å². The second-order valence-corrected chi connectivity index (χ2v) is 11.3. The van der Waals surface area contributed by atoms with Gasteiger partial charge in [0, 0.05) is 39.0 Å². The van der Waals surface area contributed by atoms with Crippen LogP contribution in [-0.4, -0.2) is 14.1 Å². The topological polar surface area (TPSA) is 22.8 Å². The van der Waals surface area contributed by atoms with Crippen LogP contribution < -0.4 is 0 Å². The molecule has 3 heteroatoms. The second-order valence-electron chi connectivity index (χ2n) is 11.3. The third-order valence-electron chi connectivity index (χ3n) is 8.75. The van der Waals surface area contributed by atoms with Crippen molar-refractivity contribution in [2.24, 2.45) is 0 Å². The van der Waals surface area contributed by atoms with Gasteiger partial charge < -0.3 is 9.13 Å². The molecule has 3 heterocycles. The van der Waals surface area contributed by atoms with Gasteiger partial charge in [0.05, 0.1) is 22.2 Å². The van der Waals surface area contributed by atoms with Gasteiger partial charge in [0.15, 0.2) is 0 Å². The van der Waals surface area contributed by atoms with Crippen molar-refractivity contribution in [1.29, 1.82) is 0 Å². The van der Waals surface area contributed by atoms with E-state index >= 15 is 0 Å². The smallest absolute Gasteiger partial charge is 0.138 e. The predicted octanol–water partition coefficient (Wildman–Crippen LogP) is 10.6. The van der Waals surface area contributed by atoms with Crippen molar-refractivity contribution in [3.63, 3.8) is 0 Å². The van der Waals surface area contributed by atoms with Crippen LogP contribution in [0, 0.1) is 0 Å². The molecule has 9 aromatic rings. The molecule has 3 nitrogen and oxygen atoms in total. The summed E-state index contributed by atoms with van der Waals surface area (Å²) in [6, 6.07) is 56.1. The van der Waals surface area contributed by atoms with Gasteiger partial charge in [0.2, 0.25) is 0 Å². The molecular weight excluding hydrogens is 534 g/mol. The van der Waals surface area contributed by atoms with Crippen molar-refractivity contribution >= 4 is 43.5 Å². The number of hydrogen-bond acceptors (Lipinski definition) is 1. The van der Waals surface area contributed by atoms with E-state index in [0.717, 1.165) is 28.2 Å². The fourth-order valence-electron chi connectivity index (χ4n) is 6.73. The molecule has 0 amide bonds. The van der Waals surface area contributed by atoms with Crippen LogP contribution in [0.2, 0.25) is 0 Å². The van der Waals surface area contributed by atoms with E-state index in [9.17, 15) is 0 Å². The van der Waals surface area contributed by atoms with E-state index in [1.807, 2.05) is 6.07 Å². The molecule has 0 N–H and O–H groups in total. The highest BCUT2D eigenvalue weighted by Crippen LogP contribution is 2.39. The maximum absolute atomic E-state index is 5.19. The molecule has 0 fully saturated rings. The van der Waals surface area contributed by atoms with Crippen LogP contribution >= 0.6 is 0 Å². The van der Waals surface area contributed by atoms with Crippen molar-refractivity contribution in [2.75, 3.05) is 0 Å². The summed E-state index contributed by atoms with van der Waals surface area (Å²) >= 11 is 0. The summed E-state index contributed by atoms with van der Waals surface area (Å²) in [5, 5.41) is 6.21. The van der Waals surface area contributed by atoms with E-state index in [4.69, 9.17) is 4.98 Å². The Hall–Kier alpha value is -5.93. The molecule has 44 heavy (non-hydrogen) atoms. The van der Waals surface area contributed by atoms with Gasteiger partial charge in [-0.1, -0.05) is 115 Å². The Labute approximate surface area is 254 Å². The molecule has 206 valence electrons. The average molecular weight is 562 g/mol. The van der Waals surface area contributed by atoms with Crippen LogP contribution in [0.3, 0.4) is 0 Å². The highest BCUT2D eigenvalue weighted by atomic mass is 15.1. The van der Waals surface area contributed by atoms with Crippen molar-refractivity contribution in [3.05, 3.63) is 164 Å². The lowest BCUT2D eigenvalue weighted by molar-refractivity contribution is 1.05. The second kappa shape index (κ2) is 9.82. The number of pyridine rings is 1. The summed E-state index contributed by atoms with van der Waals surface area (Å²) in [4.78, 5) is 5.19. The summed E-state index contributed by atoms with van der Waals surface area (Å²) in [7, 11) is 0. The number of hydrogen-bond donors (Lipinski definition) is 0. The third-order valence-corrected chi connectivity index (χ3v) is 8.75. The minimum Gasteiger partial charge on any atom is -0.309 e. The number of aromatic nitrogens is 3. The zero-order valence-corrected chi connectivity index (χ0v) is 23.9. The molecule has 0 unspecified atom stereocenters. The molecule has 3 aromatic heterocycles. The maximum Gasteiger partial charge on any atom is 0.138 e. The molecule has 9 rings (SSSR count). The lowest BCUT2D eigenvalue weighted by Crippen LogP contribution is -1.99. The van der Waals surface area contributed by atoms with E-state index in [1.165, 1.54) is 49.2 Å². The van der Waals surface area contributed by atoms with Crippen molar-refractivity contribution in [2.45, 2.75) is 0 Å². The molecule has 6 aromatic carbocycles. The van der Waals surface area contributed by atoms with E-state index < -0.39 is 0 Å². The summed E-state index contributed by atoms with van der Waals surface area (Å²) in [6.07, 6.45) is 2.16. The standard InChI is InChI=1S/C41H27N3/c1-4-12-28(13-5-1)30-26-37(29-14-6-2-7-15-29)42-40(27-30)43-25-24-34-32-20-21-36-33-18-10-11-19-39(33)44(31-16-8-3-9-17-31)41(36)35(32)22-23-38(34)43/h1-27H. The van der Waals surface area contributed by atoms with E-state index in [2.05, 4.69) is 167 Å². The van der Waals surface area contributed by atoms with Crippen LogP contribution in [0.4, 0.5) is 0 Å². The Kier molecular flexibility index (Phi) is 5.50. The van der Waals surface area contributed by atoms with Crippen molar-refractivity contribution in [1.82, 2.24) is 14.1 Å². The minimum absolute atomic E-state index is 0.902. The van der Waals surface area contributed by atoms with Gasteiger partial charge in [-0.15, -0.1) is 0 Å². The summed E-state index contributed by atoms with van der Waals surface area (Å²) in [5.41, 5.74) is 9.13. The highest BCUT2D eigenvalue weighted by Gasteiger charge is 2.17. The van der Waals surface area contributed by atoms with E-state index in [-0.39, 0.29) is 0 Å². The fraction of sp³-hybridized carbons (Fsp3) is 0. The van der Waals surface area contributed by atoms with Gasteiger partial charge in [-0.05, 0) is 59.0 Å². The lowest BCUT2D eigenvalue weighted by atomic mass is 10.0. The van der Waals surface area contributed by atoms with Gasteiger partial charge in [-0.25, -0.2) is 4.98 Å². The first-order valence-electron chi connectivity index (χ1n) is 15.0. The quantitative estimate of drug-likeness (QED) is 0.210. The van der Waals surface area contributed by atoms with Crippen molar-refractivity contribution in [3.8, 4) is 33.9 Å². The van der Waals surface area contributed by atoms with Gasteiger partial charge in [0.1, 0.15) is 5.82 Å². The number of para-hydroxylation sites is 2. The molecule has 0 aliphatic heterocycles. The number of fused-ring (bicyclic) bond motifs is 7. The Balaban J connectivity index is 1.30. The van der Waals surface area contributed by atoms with Crippen LogP contribution in [0.5, 0.6) is 0 Å². The number of nitrogens with zero attached hydrogens (tertiary/aromatic N) is 3. The summed E-state index contributed by atoms with van der Waals surface area (Å²) in [6.45, 7) is 0. The molecule has 0 aliphatic rings. The molecule has 0 radical (unpaired) electrons. The number of benzene rings is 6. The van der Waals surface area contributed by atoms with Gasteiger partial charge >= 0.3 is 0 Å². The van der Waals surface area contributed by atoms with Gasteiger partial charge in [-0.2, -0.15) is 0 Å². The molecule has 0 saturated carbocycles. The fourth-order valence-corrected chi connectivity index (χ4v) is 6.73. The van der Waals surface area contributed by atoms with E-state index in [1.54, 1.807) is 0 Å². The van der Waals surface area contributed by atoms with Crippen LogP contribution in [0.15, 0.2) is 164 Å². The first-order valence-corrected chi connectivity index (χ1v) is 15.0. The zero-order valence-electron chi connectivity index (χ0n) is 23.9. The first-order chi connectivity index (χ1) is 21.8. The zero-order chi connectivity index (χ0) is 29.0. The highest BCUT2D eigenvalue weighted by molar-refractivity contribution is 6.22. The maximum atomic E-state index is 5.19. The Morgan fingerprint density at radius 3 is 1.82 bits per heavy atom. The molecule has 0 saturated heterocycles. The first kappa shape index (κ1) is 24.6. The minimum atomic E-state index is 0.902. The number of rotatable bonds is 4. The normalized spacial score (nSPS) is 11.6. The van der Waals surface area contributed by atoms with Gasteiger partial charge in [0.25, 0.3) is 0 Å². The summed E-state index contributed by atoms with van der Waals surface area (Å²) < 4.78 is 4.64. The third kappa shape index (κ3) is 3.80. The van der Waals surface area contributed by atoms with Crippen molar-refractivity contribution < 1.29 is 0 Å². The average Bonchev–Trinajstić information content (AvgIpc) is 3.69. The molecule has 0 spiro atoms. The lowest BCUT2D eigenvalue weighted by Gasteiger charge is -2.13. The van der Waals surface area contributed by atoms with Crippen LogP contribution in [-0.2, 0) is 0 Å². The predicted molar refractivity (Wildman–Crippen MR) is 184 cm³/mol. The van der Waals surface area contributed by atoms with Crippen LogP contribution in [0.25, 0.3) is 77.4 Å². The largest absolute Gasteiger partial charge is 0.309 e. The molecule has 0 atom stereocenters. The van der Waals surface area contributed by atoms with Crippen LogP contribution in [0.1, 0.15) is 0 Å².